The Kier molecular flexibility index (Phi) is 2.63. The van der Waals surface area contributed by atoms with E-state index >= 15 is 0 Å². The summed E-state index contributed by atoms with van der Waals surface area (Å²) < 4.78 is 0. The predicted octanol–water partition coefficient (Wildman–Crippen LogP) is 1.96. The predicted molar refractivity (Wildman–Crippen MR) is 65.0 cm³/mol. The highest BCUT2D eigenvalue weighted by atomic mass is 15.2. The third-order valence-electron chi connectivity index (χ3n) is 5.21. The van der Waals surface area contributed by atoms with Crippen molar-refractivity contribution < 1.29 is 0 Å². The van der Waals surface area contributed by atoms with Crippen LogP contribution in [0.1, 0.15) is 34.6 Å². The van der Waals surface area contributed by atoms with E-state index in [4.69, 9.17) is 0 Å². The van der Waals surface area contributed by atoms with Crippen LogP contribution in [0.2, 0.25) is 0 Å². The minimum Gasteiger partial charge on any atom is -0.312 e. The number of rotatable bonds is 2. The summed E-state index contributed by atoms with van der Waals surface area (Å²) in [4.78, 5) is 2.64. The molecule has 15 heavy (non-hydrogen) atoms. The Labute approximate surface area is 94.4 Å². The van der Waals surface area contributed by atoms with Crippen LogP contribution in [-0.2, 0) is 0 Å². The van der Waals surface area contributed by atoms with Gasteiger partial charge in [-0.15, -0.1) is 0 Å². The first-order chi connectivity index (χ1) is 6.85. The van der Waals surface area contributed by atoms with Gasteiger partial charge in [-0.1, -0.05) is 27.7 Å². The minimum absolute atomic E-state index is 0.543. The number of nitrogens with one attached hydrogen (secondary N) is 1. The lowest BCUT2D eigenvalue weighted by Crippen LogP contribution is -2.49. The van der Waals surface area contributed by atoms with Gasteiger partial charge in [0.2, 0.25) is 0 Å². The summed E-state index contributed by atoms with van der Waals surface area (Å²) in [6.07, 6.45) is 0. The van der Waals surface area contributed by atoms with Gasteiger partial charge < -0.3 is 10.2 Å². The van der Waals surface area contributed by atoms with Crippen molar-refractivity contribution in [1.29, 1.82) is 0 Å². The maximum atomic E-state index is 3.51. The lowest BCUT2D eigenvalue weighted by Gasteiger charge is -2.32. The zero-order valence-corrected chi connectivity index (χ0v) is 10.9. The van der Waals surface area contributed by atoms with Gasteiger partial charge in [0.05, 0.1) is 0 Å². The number of nitrogens with zero attached hydrogens (tertiary/aromatic N) is 1. The van der Waals surface area contributed by atoms with Gasteiger partial charge in [-0.2, -0.15) is 0 Å². The van der Waals surface area contributed by atoms with Crippen LogP contribution in [0.5, 0.6) is 0 Å². The second-order valence-corrected chi connectivity index (χ2v) is 6.61. The Balaban J connectivity index is 1.88. The summed E-state index contributed by atoms with van der Waals surface area (Å²) >= 11 is 0. The van der Waals surface area contributed by atoms with Crippen LogP contribution in [0.15, 0.2) is 0 Å². The quantitative estimate of drug-likeness (QED) is 0.749. The van der Waals surface area contributed by atoms with E-state index in [9.17, 15) is 0 Å². The van der Waals surface area contributed by atoms with Gasteiger partial charge >= 0.3 is 0 Å². The third-order valence-corrected chi connectivity index (χ3v) is 5.21. The molecule has 0 aromatic rings. The fourth-order valence-electron chi connectivity index (χ4n) is 3.23. The van der Waals surface area contributed by atoms with E-state index in [1.165, 1.54) is 19.6 Å². The average Bonchev–Trinajstić information content (AvgIpc) is 2.48. The Morgan fingerprint density at radius 1 is 1.20 bits per heavy atom. The SMILES string of the molecule is CC1CN(CC2C(C)(C)C2(C)C)CCN1. The highest BCUT2D eigenvalue weighted by molar-refractivity contribution is 5.13. The van der Waals surface area contributed by atoms with Crippen molar-refractivity contribution in [1.82, 2.24) is 10.2 Å². The van der Waals surface area contributed by atoms with Gasteiger partial charge in [0, 0.05) is 32.2 Å². The van der Waals surface area contributed by atoms with Gasteiger partial charge in [-0.05, 0) is 23.7 Å². The van der Waals surface area contributed by atoms with Gasteiger partial charge in [0.15, 0.2) is 0 Å². The van der Waals surface area contributed by atoms with Crippen LogP contribution >= 0.6 is 0 Å². The highest BCUT2D eigenvalue weighted by Gasteiger charge is 2.64. The molecular formula is C13H26N2. The van der Waals surface area contributed by atoms with E-state index in [2.05, 4.69) is 44.8 Å². The third kappa shape index (κ3) is 1.83. The summed E-state index contributed by atoms with van der Waals surface area (Å²) in [5.41, 5.74) is 1.09. The normalized spacial score (nSPS) is 35.4. The van der Waals surface area contributed by atoms with Crippen molar-refractivity contribution >= 4 is 0 Å². The maximum Gasteiger partial charge on any atom is 0.0167 e. The van der Waals surface area contributed by atoms with Gasteiger partial charge in [-0.3, -0.25) is 0 Å². The molecule has 1 N–H and O–H groups in total. The summed E-state index contributed by atoms with van der Waals surface area (Å²) in [6.45, 7) is 16.9. The standard InChI is InChI=1S/C13H26N2/c1-10-8-15(7-6-14-10)9-11-12(2,3)13(11,4)5/h10-11,14H,6-9H2,1-5H3. The van der Waals surface area contributed by atoms with Crippen LogP contribution in [0.25, 0.3) is 0 Å². The summed E-state index contributed by atoms with van der Waals surface area (Å²) in [5, 5.41) is 3.51. The number of piperazine rings is 1. The van der Waals surface area contributed by atoms with Crippen molar-refractivity contribution in [3.63, 3.8) is 0 Å². The van der Waals surface area contributed by atoms with E-state index < -0.39 is 0 Å². The van der Waals surface area contributed by atoms with Crippen LogP contribution in [0, 0.1) is 16.7 Å². The molecule has 1 saturated heterocycles. The van der Waals surface area contributed by atoms with Crippen LogP contribution in [0.3, 0.4) is 0 Å². The Morgan fingerprint density at radius 2 is 1.80 bits per heavy atom. The molecule has 1 saturated carbocycles. The smallest absolute Gasteiger partial charge is 0.0167 e. The molecule has 1 aliphatic carbocycles. The molecule has 0 spiro atoms. The molecule has 2 nitrogen and oxygen atoms in total. The van der Waals surface area contributed by atoms with E-state index in [1.807, 2.05) is 0 Å². The average molecular weight is 210 g/mol. The van der Waals surface area contributed by atoms with Crippen LogP contribution in [-0.4, -0.2) is 37.1 Å². The lowest BCUT2D eigenvalue weighted by molar-refractivity contribution is 0.189. The topological polar surface area (TPSA) is 15.3 Å². The first kappa shape index (κ1) is 11.4. The van der Waals surface area contributed by atoms with Crippen molar-refractivity contribution in [2.24, 2.45) is 16.7 Å². The molecule has 0 radical (unpaired) electrons. The molecule has 2 heteroatoms. The number of hydrogen-bond donors (Lipinski definition) is 1. The van der Waals surface area contributed by atoms with Gasteiger partial charge in [0.25, 0.3) is 0 Å². The van der Waals surface area contributed by atoms with Crippen molar-refractivity contribution in [3.8, 4) is 0 Å². The van der Waals surface area contributed by atoms with E-state index in [1.54, 1.807) is 0 Å². The second-order valence-electron chi connectivity index (χ2n) is 6.61. The summed E-state index contributed by atoms with van der Waals surface area (Å²) in [7, 11) is 0. The fourth-order valence-corrected chi connectivity index (χ4v) is 3.23. The molecule has 2 rings (SSSR count). The fraction of sp³-hybridized carbons (Fsp3) is 1.00. The van der Waals surface area contributed by atoms with Crippen LogP contribution < -0.4 is 5.32 Å². The Bertz CT molecular complexity index is 231. The van der Waals surface area contributed by atoms with Gasteiger partial charge in [-0.25, -0.2) is 0 Å². The molecule has 0 aromatic carbocycles. The Hall–Kier alpha value is -0.0800. The first-order valence-electron chi connectivity index (χ1n) is 6.31. The molecule has 1 atom stereocenters. The van der Waals surface area contributed by atoms with Crippen molar-refractivity contribution in [2.45, 2.75) is 40.7 Å². The maximum absolute atomic E-state index is 3.51. The zero-order valence-electron chi connectivity index (χ0n) is 10.9. The molecule has 1 unspecified atom stereocenters. The van der Waals surface area contributed by atoms with E-state index in [0.717, 1.165) is 12.5 Å². The molecule has 0 amide bonds. The molecule has 1 heterocycles. The van der Waals surface area contributed by atoms with Crippen molar-refractivity contribution in [2.75, 3.05) is 26.2 Å². The summed E-state index contributed by atoms with van der Waals surface area (Å²) in [5.74, 6) is 0.885. The molecule has 1 aliphatic heterocycles. The second kappa shape index (κ2) is 3.46. The van der Waals surface area contributed by atoms with Gasteiger partial charge in [0.1, 0.15) is 0 Å². The largest absolute Gasteiger partial charge is 0.312 e. The highest BCUT2D eigenvalue weighted by Crippen LogP contribution is 2.68. The lowest BCUT2D eigenvalue weighted by atomic mass is 10.0. The Morgan fingerprint density at radius 3 is 2.27 bits per heavy atom. The zero-order chi connectivity index (χ0) is 11.3. The van der Waals surface area contributed by atoms with E-state index in [0.29, 0.717) is 16.9 Å². The summed E-state index contributed by atoms with van der Waals surface area (Å²) in [6, 6.07) is 0.670. The molecule has 0 aromatic heterocycles. The number of hydrogen-bond acceptors (Lipinski definition) is 2. The molecule has 2 fully saturated rings. The molecule has 88 valence electrons. The van der Waals surface area contributed by atoms with Crippen LogP contribution in [0.4, 0.5) is 0 Å². The molecule has 2 aliphatic rings. The monoisotopic (exact) mass is 210 g/mol. The minimum atomic E-state index is 0.543. The molecule has 0 bridgehead atoms. The first-order valence-corrected chi connectivity index (χ1v) is 6.31. The van der Waals surface area contributed by atoms with Crippen molar-refractivity contribution in [3.05, 3.63) is 0 Å². The van der Waals surface area contributed by atoms with E-state index in [-0.39, 0.29) is 0 Å². The molecular weight excluding hydrogens is 184 g/mol.